The summed E-state index contributed by atoms with van der Waals surface area (Å²) in [6.45, 7) is 6.85. The van der Waals surface area contributed by atoms with Crippen LogP contribution in [0.25, 0.3) is 0 Å². The summed E-state index contributed by atoms with van der Waals surface area (Å²) in [5, 5.41) is 3.19. The molecular formula is C15H20N4O. The fourth-order valence-electron chi connectivity index (χ4n) is 1.71. The summed E-state index contributed by atoms with van der Waals surface area (Å²) in [6, 6.07) is 5.68. The number of nitrogens with one attached hydrogen (secondary N) is 1. The lowest BCUT2D eigenvalue weighted by molar-refractivity contribution is 0.233. The van der Waals surface area contributed by atoms with Crippen molar-refractivity contribution in [3.8, 4) is 5.75 Å². The maximum Gasteiger partial charge on any atom is 0.222 e. The average Bonchev–Trinajstić information content (AvgIpc) is 2.46. The molecule has 20 heavy (non-hydrogen) atoms. The Kier molecular flexibility index (Phi) is 4.87. The standard InChI is InChI=1S/C15H20N4O/c1-11(2)14-6-8-17-15(19-14)18-9-12(3)20-13-5-4-7-16-10-13/h4-8,10-12H,9H2,1-3H3,(H,17,18,19)/t12-/m0/s1. The first-order valence-electron chi connectivity index (χ1n) is 6.78. The number of nitrogens with zero attached hydrogens (tertiary/aromatic N) is 3. The van der Waals surface area contributed by atoms with Crippen LogP contribution in [0.2, 0.25) is 0 Å². The van der Waals surface area contributed by atoms with Gasteiger partial charge in [-0.25, -0.2) is 9.97 Å². The molecule has 0 unspecified atom stereocenters. The van der Waals surface area contributed by atoms with Gasteiger partial charge in [0.2, 0.25) is 5.95 Å². The minimum Gasteiger partial charge on any atom is -0.487 e. The van der Waals surface area contributed by atoms with E-state index in [4.69, 9.17) is 4.74 Å². The van der Waals surface area contributed by atoms with E-state index >= 15 is 0 Å². The highest BCUT2D eigenvalue weighted by atomic mass is 16.5. The van der Waals surface area contributed by atoms with Crippen molar-refractivity contribution in [3.05, 3.63) is 42.5 Å². The molecule has 2 aromatic rings. The molecule has 2 rings (SSSR count). The van der Waals surface area contributed by atoms with Crippen molar-refractivity contribution in [1.82, 2.24) is 15.0 Å². The van der Waals surface area contributed by atoms with E-state index in [9.17, 15) is 0 Å². The van der Waals surface area contributed by atoms with E-state index in [1.54, 1.807) is 18.6 Å². The van der Waals surface area contributed by atoms with Crippen molar-refractivity contribution >= 4 is 5.95 Å². The fraction of sp³-hybridized carbons (Fsp3) is 0.400. The van der Waals surface area contributed by atoms with Crippen LogP contribution in [-0.2, 0) is 0 Å². The molecule has 1 atom stereocenters. The van der Waals surface area contributed by atoms with Crippen LogP contribution in [0.1, 0.15) is 32.4 Å². The largest absolute Gasteiger partial charge is 0.487 e. The molecule has 0 saturated carbocycles. The monoisotopic (exact) mass is 272 g/mol. The minimum absolute atomic E-state index is 0.00510. The normalized spacial score (nSPS) is 12.2. The molecule has 0 aliphatic carbocycles. The predicted octanol–water partition coefficient (Wildman–Crippen LogP) is 2.87. The molecule has 0 aliphatic heterocycles. The van der Waals surface area contributed by atoms with Crippen LogP contribution in [0.15, 0.2) is 36.8 Å². The van der Waals surface area contributed by atoms with Gasteiger partial charge in [-0.05, 0) is 31.0 Å². The zero-order valence-electron chi connectivity index (χ0n) is 12.1. The van der Waals surface area contributed by atoms with Gasteiger partial charge in [-0.15, -0.1) is 0 Å². The highest BCUT2D eigenvalue weighted by molar-refractivity contribution is 5.26. The van der Waals surface area contributed by atoms with Gasteiger partial charge >= 0.3 is 0 Å². The van der Waals surface area contributed by atoms with Crippen LogP contribution in [0.5, 0.6) is 5.75 Å². The van der Waals surface area contributed by atoms with Gasteiger partial charge in [0.1, 0.15) is 11.9 Å². The second-order valence-electron chi connectivity index (χ2n) is 4.96. The number of hydrogen-bond donors (Lipinski definition) is 1. The van der Waals surface area contributed by atoms with E-state index in [1.807, 2.05) is 25.1 Å². The Labute approximate surface area is 119 Å². The van der Waals surface area contributed by atoms with Crippen LogP contribution in [0.4, 0.5) is 5.95 Å². The predicted molar refractivity (Wildman–Crippen MR) is 78.9 cm³/mol. The number of anilines is 1. The van der Waals surface area contributed by atoms with Crippen LogP contribution in [0, 0.1) is 0 Å². The van der Waals surface area contributed by atoms with E-state index in [-0.39, 0.29) is 6.10 Å². The quantitative estimate of drug-likeness (QED) is 0.876. The lowest BCUT2D eigenvalue weighted by Gasteiger charge is -2.15. The molecule has 0 amide bonds. The van der Waals surface area contributed by atoms with Crippen LogP contribution in [-0.4, -0.2) is 27.6 Å². The maximum absolute atomic E-state index is 5.73. The first kappa shape index (κ1) is 14.2. The van der Waals surface area contributed by atoms with Crippen molar-refractivity contribution in [2.75, 3.05) is 11.9 Å². The highest BCUT2D eigenvalue weighted by Crippen LogP contribution is 2.12. The number of pyridine rings is 1. The van der Waals surface area contributed by atoms with E-state index < -0.39 is 0 Å². The van der Waals surface area contributed by atoms with E-state index in [2.05, 4.69) is 34.1 Å². The number of hydrogen-bond acceptors (Lipinski definition) is 5. The third-order valence-corrected chi connectivity index (χ3v) is 2.79. The third kappa shape index (κ3) is 4.19. The van der Waals surface area contributed by atoms with Crippen molar-refractivity contribution < 1.29 is 4.74 Å². The van der Waals surface area contributed by atoms with Gasteiger partial charge in [-0.1, -0.05) is 13.8 Å². The Morgan fingerprint density at radius 3 is 2.75 bits per heavy atom. The summed E-state index contributed by atoms with van der Waals surface area (Å²) in [5.74, 6) is 1.79. The molecular weight excluding hydrogens is 252 g/mol. The van der Waals surface area contributed by atoms with Crippen molar-refractivity contribution in [1.29, 1.82) is 0 Å². The van der Waals surface area contributed by atoms with Crippen molar-refractivity contribution in [2.45, 2.75) is 32.8 Å². The van der Waals surface area contributed by atoms with Crippen LogP contribution in [0.3, 0.4) is 0 Å². The fourth-order valence-corrected chi connectivity index (χ4v) is 1.71. The first-order valence-corrected chi connectivity index (χ1v) is 6.78. The Morgan fingerprint density at radius 1 is 1.20 bits per heavy atom. The topological polar surface area (TPSA) is 59.9 Å². The number of aromatic nitrogens is 3. The molecule has 5 heteroatoms. The van der Waals surface area contributed by atoms with Gasteiger partial charge in [-0.3, -0.25) is 4.98 Å². The van der Waals surface area contributed by atoms with E-state index in [0.29, 0.717) is 18.4 Å². The SMILES string of the molecule is CC(C)c1ccnc(NC[C@H](C)Oc2cccnc2)n1. The Hall–Kier alpha value is -2.17. The molecule has 2 aromatic heterocycles. The second-order valence-corrected chi connectivity index (χ2v) is 4.96. The molecule has 0 aliphatic rings. The molecule has 0 aromatic carbocycles. The van der Waals surface area contributed by atoms with Gasteiger partial charge in [-0.2, -0.15) is 0 Å². The summed E-state index contributed by atoms with van der Waals surface area (Å²) in [6.07, 6.45) is 5.20. The van der Waals surface area contributed by atoms with Crippen molar-refractivity contribution in [2.24, 2.45) is 0 Å². The smallest absolute Gasteiger partial charge is 0.222 e. The Morgan fingerprint density at radius 2 is 2.05 bits per heavy atom. The molecule has 1 N–H and O–H groups in total. The summed E-state index contributed by atoms with van der Waals surface area (Å²) in [4.78, 5) is 12.7. The molecule has 0 bridgehead atoms. The molecule has 2 heterocycles. The van der Waals surface area contributed by atoms with Gasteiger partial charge in [0.25, 0.3) is 0 Å². The Bertz CT molecular complexity index is 530. The minimum atomic E-state index is 0.00510. The molecule has 0 saturated heterocycles. The summed E-state index contributed by atoms with van der Waals surface area (Å²) in [7, 11) is 0. The average molecular weight is 272 g/mol. The molecule has 0 spiro atoms. The van der Waals surface area contributed by atoms with Gasteiger partial charge in [0.15, 0.2) is 0 Å². The van der Waals surface area contributed by atoms with Gasteiger partial charge < -0.3 is 10.1 Å². The maximum atomic E-state index is 5.73. The zero-order chi connectivity index (χ0) is 14.4. The summed E-state index contributed by atoms with van der Waals surface area (Å²) < 4.78 is 5.73. The van der Waals surface area contributed by atoms with Crippen LogP contribution >= 0.6 is 0 Å². The number of rotatable bonds is 6. The van der Waals surface area contributed by atoms with E-state index in [1.165, 1.54) is 0 Å². The number of ether oxygens (including phenoxy) is 1. The Balaban J connectivity index is 1.87. The molecule has 0 radical (unpaired) electrons. The van der Waals surface area contributed by atoms with Gasteiger partial charge in [0.05, 0.1) is 12.7 Å². The highest BCUT2D eigenvalue weighted by Gasteiger charge is 2.06. The van der Waals surface area contributed by atoms with E-state index in [0.717, 1.165) is 11.4 Å². The van der Waals surface area contributed by atoms with Crippen molar-refractivity contribution in [3.63, 3.8) is 0 Å². The molecule has 106 valence electrons. The summed E-state index contributed by atoms with van der Waals surface area (Å²) in [5.41, 5.74) is 1.03. The first-order chi connectivity index (χ1) is 9.65. The lowest BCUT2D eigenvalue weighted by atomic mass is 10.1. The zero-order valence-corrected chi connectivity index (χ0v) is 12.1. The lowest BCUT2D eigenvalue weighted by Crippen LogP contribution is -2.23. The molecule has 5 nitrogen and oxygen atoms in total. The van der Waals surface area contributed by atoms with Gasteiger partial charge in [0, 0.05) is 18.1 Å². The molecule has 0 fully saturated rings. The third-order valence-electron chi connectivity index (χ3n) is 2.79. The second kappa shape index (κ2) is 6.84. The van der Waals surface area contributed by atoms with Crippen LogP contribution < -0.4 is 10.1 Å². The summed E-state index contributed by atoms with van der Waals surface area (Å²) >= 11 is 0.